The van der Waals surface area contributed by atoms with Gasteiger partial charge in [-0.25, -0.2) is 9.37 Å². The lowest BCUT2D eigenvalue weighted by Gasteiger charge is -2.04. The summed E-state index contributed by atoms with van der Waals surface area (Å²) in [5.41, 5.74) is 0. The van der Waals surface area contributed by atoms with Crippen LogP contribution >= 0.6 is 11.6 Å². The van der Waals surface area contributed by atoms with Crippen molar-refractivity contribution in [1.29, 1.82) is 0 Å². The number of aromatic nitrogens is 1. The molecule has 0 bridgehead atoms. The van der Waals surface area contributed by atoms with E-state index in [0.717, 1.165) is 0 Å². The molecule has 0 spiro atoms. The molecule has 1 aromatic carbocycles. The molecule has 1 heterocycles. The minimum Gasteiger partial charge on any atom is -0.497 e. The first kappa shape index (κ1) is 10.1. The third kappa shape index (κ3) is 1.61. The van der Waals surface area contributed by atoms with E-state index in [1.54, 1.807) is 6.07 Å². The topological polar surface area (TPSA) is 22.1 Å². The first-order valence-electron chi connectivity index (χ1n) is 4.11. The summed E-state index contributed by atoms with van der Waals surface area (Å²) in [6.45, 7) is 0. The van der Waals surface area contributed by atoms with E-state index in [4.69, 9.17) is 16.3 Å². The van der Waals surface area contributed by atoms with Gasteiger partial charge in [-0.05, 0) is 18.2 Å². The molecule has 0 N–H and O–H groups in total. The number of hydrogen-bond acceptors (Lipinski definition) is 2. The van der Waals surface area contributed by atoms with E-state index in [9.17, 15) is 8.78 Å². The Morgan fingerprint density at radius 1 is 1.27 bits per heavy atom. The van der Waals surface area contributed by atoms with Crippen LogP contribution in [0.4, 0.5) is 8.78 Å². The van der Waals surface area contributed by atoms with E-state index in [0.29, 0.717) is 11.1 Å². The van der Waals surface area contributed by atoms with Gasteiger partial charge in [0.1, 0.15) is 10.9 Å². The first-order chi connectivity index (χ1) is 7.13. The zero-order valence-electron chi connectivity index (χ0n) is 7.72. The SMILES string of the molecule is COc1ccc2c(Cl)nc(F)c(F)c2c1. The summed E-state index contributed by atoms with van der Waals surface area (Å²) < 4.78 is 31.2. The van der Waals surface area contributed by atoms with Gasteiger partial charge in [0.25, 0.3) is 5.95 Å². The number of pyridine rings is 1. The molecule has 0 aliphatic carbocycles. The second-order valence-corrected chi connectivity index (χ2v) is 3.28. The molecule has 2 nitrogen and oxygen atoms in total. The maximum Gasteiger partial charge on any atom is 0.251 e. The molecule has 15 heavy (non-hydrogen) atoms. The smallest absolute Gasteiger partial charge is 0.251 e. The van der Waals surface area contributed by atoms with Gasteiger partial charge in [-0.1, -0.05) is 11.6 Å². The van der Waals surface area contributed by atoms with Gasteiger partial charge in [0.15, 0.2) is 5.82 Å². The molecular formula is C10H6ClF2NO. The van der Waals surface area contributed by atoms with Crippen molar-refractivity contribution in [1.82, 2.24) is 4.98 Å². The predicted molar refractivity (Wildman–Crippen MR) is 53.2 cm³/mol. The summed E-state index contributed by atoms with van der Waals surface area (Å²) in [5, 5.41) is 0.356. The molecule has 1 aromatic heterocycles. The van der Waals surface area contributed by atoms with Crippen LogP contribution in [0.2, 0.25) is 5.15 Å². The van der Waals surface area contributed by atoms with Crippen LogP contribution < -0.4 is 4.74 Å². The van der Waals surface area contributed by atoms with Crippen molar-refractivity contribution in [2.45, 2.75) is 0 Å². The summed E-state index contributed by atoms with van der Waals surface area (Å²) in [6, 6.07) is 4.51. The van der Waals surface area contributed by atoms with Crippen molar-refractivity contribution in [2.24, 2.45) is 0 Å². The number of benzene rings is 1. The quantitative estimate of drug-likeness (QED) is 0.701. The fourth-order valence-electron chi connectivity index (χ4n) is 1.32. The molecule has 0 saturated heterocycles. The molecule has 0 amide bonds. The Morgan fingerprint density at radius 2 is 2.00 bits per heavy atom. The van der Waals surface area contributed by atoms with E-state index >= 15 is 0 Å². The zero-order valence-corrected chi connectivity index (χ0v) is 8.48. The predicted octanol–water partition coefficient (Wildman–Crippen LogP) is 3.18. The van der Waals surface area contributed by atoms with Gasteiger partial charge in [0, 0.05) is 10.8 Å². The van der Waals surface area contributed by atoms with Crippen molar-refractivity contribution in [2.75, 3.05) is 7.11 Å². The fourth-order valence-corrected chi connectivity index (χ4v) is 1.56. The average molecular weight is 230 g/mol. The lowest BCUT2D eigenvalue weighted by molar-refractivity contribution is 0.415. The van der Waals surface area contributed by atoms with Crippen LogP contribution in [0.5, 0.6) is 5.75 Å². The summed E-state index contributed by atoms with van der Waals surface area (Å²) in [5.74, 6) is -1.79. The van der Waals surface area contributed by atoms with E-state index < -0.39 is 11.8 Å². The van der Waals surface area contributed by atoms with E-state index in [2.05, 4.69) is 4.98 Å². The van der Waals surface area contributed by atoms with Gasteiger partial charge in [-0.15, -0.1) is 0 Å². The van der Waals surface area contributed by atoms with E-state index in [1.807, 2.05) is 0 Å². The highest BCUT2D eigenvalue weighted by Gasteiger charge is 2.13. The molecular weight excluding hydrogens is 224 g/mol. The minimum atomic E-state index is -1.21. The molecule has 0 aliphatic rings. The Morgan fingerprint density at radius 3 is 2.67 bits per heavy atom. The monoisotopic (exact) mass is 229 g/mol. The molecule has 0 unspecified atom stereocenters. The number of halogens is 3. The van der Waals surface area contributed by atoms with Crippen LogP contribution in [0.1, 0.15) is 0 Å². The highest BCUT2D eigenvalue weighted by Crippen LogP contribution is 2.28. The zero-order chi connectivity index (χ0) is 11.0. The number of nitrogens with zero attached hydrogens (tertiary/aromatic N) is 1. The van der Waals surface area contributed by atoms with Crippen LogP contribution in [0.25, 0.3) is 10.8 Å². The fraction of sp³-hybridized carbons (Fsp3) is 0.100. The summed E-state index contributed by atoms with van der Waals surface area (Å²) in [7, 11) is 1.44. The first-order valence-corrected chi connectivity index (χ1v) is 4.49. The molecule has 0 radical (unpaired) electrons. The number of rotatable bonds is 1. The maximum absolute atomic E-state index is 13.3. The summed E-state index contributed by atoms with van der Waals surface area (Å²) >= 11 is 5.67. The highest BCUT2D eigenvalue weighted by molar-refractivity contribution is 6.34. The van der Waals surface area contributed by atoms with E-state index in [1.165, 1.54) is 19.2 Å². The molecule has 0 saturated carbocycles. The largest absolute Gasteiger partial charge is 0.497 e. The standard InChI is InChI=1S/C10H6ClF2NO/c1-15-5-2-3-6-7(4-5)8(12)10(13)14-9(6)11/h2-4H,1H3. The normalized spacial score (nSPS) is 10.7. The lowest BCUT2D eigenvalue weighted by Crippen LogP contribution is -1.93. The van der Waals surface area contributed by atoms with Gasteiger partial charge >= 0.3 is 0 Å². The Balaban J connectivity index is 2.85. The van der Waals surface area contributed by atoms with Crippen LogP contribution in [-0.2, 0) is 0 Å². The second-order valence-electron chi connectivity index (χ2n) is 2.92. The molecule has 2 rings (SSSR count). The molecule has 5 heteroatoms. The number of fused-ring (bicyclic) bond motifs is 1. The molecule has 0 aliphatic heterocycles. The number of hydrogen-bond donors (Lipinski definition) is 0. The van der Waals surface area contributed by atoms with Crippen molar-refractivity contribution >= 4 is 22.4 Å². The van der Waals surface area contributed by atoms with Gasteiger partial charge < -0.3 is 4.74 Å². The van der Waals surface area contributed by atoms with Gasteiger partial charge in [-0.2, -0.15) is 4.39 Å². The van der Waals surface area contributed by atoms with Crippen LogP contribution in [0.3, 0.4) is 0 Å². The van der Waals surface area contributed by atoms with E-state index in [-0.39, 0.29) is 10.5 Å². The Hall–Kier alpha value is -1.42. The number of ether oxygens (including phenoxy) is 1. The van der Waals surface area contributed by atoms with Crippen LogP contribution in [-0.4, -0.2) is 12.1 Å². The highest BCUT2D eigenvalue weighted by atomic mass is 35.5. The lowest BCUT2D eigenvalue weighted by atomic mass is 10.1. The third-order valence-electron chi connectivity index (χ3n) is 2.06. The minimum absolute atomic E-state index is 0.0619. The Bertz CT molecular complexity index is 530. The van der Waals surface area contributed by atoms with Crippen LogP contribution in [0.15, 0.2) is 18.2 Å². The molecule has 78 valence electrons. The average Bonchev–Trinajstić information content (AvgIpc) is 2.25. The molecule has 0 fully saturated rings. The summed E-state index contributed by atoms with van der Waals surface area (Å²) in [6.07, 6.45) is 0. The molecule has 2 aromatic rings. The van der Waals surface area contributed by atoms with Crippen LogP contribution in [0, 0.1) is 11.8 Å². The Labute approximate surface area is 89.4 Å². The second kappa shape index (κ2) is 3.62. The van der Waals surface area contributed by atoms with Gasteiger partial charge in [0.2, 0.25) is 0 Å². The molecule has 0 atom stereocenters. The van der Waals surface area contributed by atoms with Crippen molar-refractivity contribution in [3.8, 4) is 5.75 Å². The number of methoxy groups -OCH3 is 1. The summed E-state index contributed by atoms with van der Waals surface area (Å²) in [4.78, 5) is 3.24. The van der Waals surface area contributed by atoms with Gasteiger partial charge in [-0.3, -0.25) is 0 Å². The third-order valence-corrected chi connectivity index (χ3v) is 2.35. The Kier molecular flexibility index (Phi) is 2.44. The van der Waals surface area contributed by atoms with Gasteiger partial charge in [0.05, 0.1) is 7.11 Å². The van der Waals surface area contributed by atoms with Crippen molar-refractivity contribution < 1.29 is 13.5 Å². The maximum atomic E-state index is 13.3. The van der Waals surface area contributed by atoms with Crippen molar-refractivity contribution in [3.05, 3.63) is 35.1 Å². The van der Waals surface area contributed by atoms with Crippen molar-refractivity contribution in [3.63, 3.8) is 0 Å².